The van der Waals surface area contributed by atoms with Gasteiger partial charge in [0.25, 0.3) is 0 Å². The summed E-state index contributed by atoms with van der Waals surface area (Å²) >= 11 is 3.59. The van der Waals surface area contributed by atoms with Crippen molar-refractivity contribution < 1.29 is 4.43 Å². The Bertz CT molecular complexity index is 348. The van der Waals surface area contributed by atoms with Gasteiger partial charge in [0.05, 0.1) is 0 Å². The van der Waals surface area contributed by atoms with Crippen LogP contribution in [-0.2, 0) is 4.43 Å². The molecule has 1 rings (SSSR count). The molecule has 0 aliphatic rings. The Labute approximate surface area is 121 Å². The molecule has 0 saturated carbocycles. The first kappa shape index (κ1) is 15.9. The van der Waals surface area contributed by atoms with E-state index in [1.165, 1.54) is 34.6 Å². The summed E-state index contributed by atoms with van der Waals surface area (Å²) in [5.74, 6) is 0. The van der Waals surface area contributed by atoms with E-state index in [9.17, 15) is 0 Å². The number of hydrogen-bond acceptors (Lipinski definition) is 1. The summed E-state index contributed by atoms with van der Waals surface area (Å²) in [6, 6.07) is 11.2. The van der Waals surface area contributed by atoms with E-state index in [0.29, 0.717) is 0 Å². The van der Waals surface area contributed by atoms with Crippen LogP contribution < -0.4 is 5.19 Å². The lowest BCUT2D eigenvalue weighted by Crippen LogP contribution is -2.50. The van der Waals surface area contributed by atoms with Gasteiger partial charge >= 0.3 is 0 Å². The highest BCUT2D eigenvalue weighted by Gasteiger charge is 2.35. The van der Waals surface area contributed by atoms with Crippen molar-refractivity contribution in [3.05, 3.63) is 28.7 Å². The van der Waals surface area contributed by atoms with Gasteiger partial charge < -0.3 is 4.43 Å². The van der Waals surface area contributed by atoms with Crippen molar-refractivity contribution >= 4 is 29.4 Å². The van der Waals surface area contributed by atoms with Gasteiger partial charge in [0, 0.05) is 11.1 Å². The average molecular weight is 329 g/mol. The first-order chi connectivity index (χ1) is 8.68. The highest BCUT2D eigenvalue weighted by molar-refractivity contribution is 9.10. The second-order valence-electron chi connectivity index (χ2n) is 4.85. The quantitative estimate of drug-likeness (QED) is 0.620. The highest BCUT2D eigenvalue weighted by Crippen LogP contribution is 2.23. The fraction of sp³-hybridized carbons (Fsp3) is 0.600. The van der Waals surface area contributed by atoms with Crippen LogP contribution in [0.4, 0.5) is 0 Å². The van der Waals surface area contributed by atoms with E-state index < -0.39 is 8.32 Å². The molecule has 0 unspecified atom stereocenters. The second-order valence-corrected chi connectivity index (χ2v) is 9.62. The summed E-state index contributed by atoms with van der Waals surface area (Å²) in [7, 11) is -1.75. The van der Waals surface area contributed by atoms with Gasteiger partial charge in [0.2, 0.25) is 8.32 Å². The molecule has 1 nitrogen and oxygen atoms in total. The zero-order valence-corrected chi connectivity index (χ0v) is 14.4. The molecule has 0 fully saturated rings. The van der Waals surface area contributed by atoms with E-state index in [1.807, 2.05) is 0 Å². The van der Waals surface area contributed by atoms with Crippen molar-refractivity contribution in [2.75, 3.05) is 6.61 Å². The Hall–Kier alpha value is -0.123. The molecule has 0 spiro atoms. The Kier molecular flexibility index (Phi) is 7.20. The first-order valence-electron chi connectivity index (χ1n) is 7.08. The normalized spacial score (nSPS) is 11.8. The first-order valence-corrected chi connectivity index (χ1v) is 10.2. The average Bonchev–Trinajstić information content (AvgIpc) is 2.36. The van der Waals surface area contributed by atoms with E-state index in [4.69, 9.17) is 4.43 Å². The third kappa shape index (κ3) is 4.21. The van der Waals surface area contributed by atoms with Crippen LogP contribution in [0, 0.1) is 0 Å². The van der Waals surface area contributed by atoms with Gasteiger partial charge in [-0.3, -0.25) is 0 Å². The summed E-state index contributed by atoms with van der Waals surface area (Å²) in [6.45, 7) is 7.63. The minimum atomic E-state index is -1.75. The number of benzene rings is 1. The summed E-state index contributed by atoms with van der Waals surface area (Å²) in [6.07, 6.45) is 3.53. The fourth-order valence-electron chi connectivity index (χ4n) is 2.52. The summed E-state index contributed by atoms with van der Waals surface area (Å²) in [4.78, 5) is 0. The fourth-order valence-corrected chi connectivity index (χ4v) is 7.44. The summed E-state index contributed by atoms with van der Waals surface area (Å²) < 4.78 is 7.59. The third-order valence-electron chi connectivity index (χ3n) is 3.24. The minimum Gasteiger partial charge on any atom is -0.412 e. The van der Waals surface area contributed by atoms with Crippen LogP contribution >= 0.6 is 15.9 Å². The topological polar surface area (TPSA) is 9.23 Å². The largest absolute Gasteiger partial charge is 0.412 e. The molecule has 0 aliphatic carbocycles. The maximum Gasteiger partial charge on any atom is 0.224 e. The lowest BCUT2D eigenvalue weighted by atomic mass is 10.4. The summed E-state index contributed by atoms with van der Waals surface area (Å²) in [5, 5.41) is 1.45. The van der Waals surface area contributed by atoms with Crippen molar-refractivity contribution in [2.24, 2.45) is 0 Å². The van der Waals surface area contributed by atoms with E-state index in [-0.39, 0.29) is 0 Å². The van der Waals surface area contributed by atoms with Gasteiger partial charge in [-0.05, 0) is 35.8 Å². The molecule has 0 aromatic heterocycles. The number of hydrogen-bond donors (Lipinski definition) is 0. The molecule has 0 heterocycles. The van der Waals surface area contributed by atoms with Crippen LogP contribution in [0.3, 0.4) is 0 Å². The Balaban J connectivity index is 3.05. The third-order valence-corrected chi connectivity index (χ3v) is 8.47. The van der Waals surface area contributed by atoms with Crippen molar-refractivity contribution in [3.63, 3.8) is 0 Å². The molecule has 0 saturated heterocycles. The van der Waals surface area contributed by atoms with E-state index in [0.717, 1.165) is 13.0 Å². The molecular formula is C15H25BrOSi. The van der Waals surface area contributed by atoms with Gasteiger partial charge in [0.15, 0.2) is 0 Å². The predicted octanol–water partition coefficient (Wildman–Crippen LogP) is 4.85. The molecule has 3 heteroatoms. The zero-order valence-electron chi connectivity index (χ0n) is 11.8. The molecule has 0 bridgehead atoms. The Morgan fingerprint density at radius 1 is 1.06 bits per heavy atom. The Morgan fingerprint density at radius 2 is 1.72 bits per heavy atom. The lowest BCUT2D eigenvalue weighted by Gasteiger charge is -2.31. The predicted molar refractivity (Wildman–Crippen MR) is 86.0 cm³/mol. The molecule has 1 aromatic carbocycles. The van der Waals surface area contributed by atoms with E-state index in [2.05, 4.69) is 61.0 Å². The van der Waals surface area contributed by atoms with Crippen LogP contribution in [-0.4, -0.2) is 14.9 Å². The van der Waals surface area contributed by atoms with Crippen LogP contribution in [0.15, 0.2) is 28.7 Å². The van der Waals surface area contributed by atoms with Crippen molar-refractivity contribution in [1.29, 1.82) is 0 Å². The lowest BCUT2D eigenvalue weighted by molar-refractivity contribution is 0.305. The van der Waals surface area contributed by atoms with Crippen molar-refractivity contribution in [1.82, 2.24) is 0 Å². The SMILES string of the molecule is CCCO[Si](CCC)(CCC)c1cccc(Br)c1. The maximum atomic E-state index is 6.42. The zero-order chi connectivity index (χ0) is 13.4. The molecule has 0 aliphatic heterocycles. The standard InChI is InChI=1S/C15H25BrOSi/c1-4-10-17-18(11-5-2,12-6-3)15-9-7-8-14(16)13-15/h7-9,13H,4-6,10-12H2,1-3H3. The second kappa shape index (κ2) is 8.13. The number of rotatable bonds is 8. The molecule has 0 radical (unpaired) electrons. The van der Waals surface area contributed by atoms with Gasteiger partial charge in [0.1, 0.15) is 0 Å². The van der Waals surface area contributed by atoms with Crippen molar-refractivity contribution in [2.45, 2.75) is 52.1 Å². The molecule has 1 aromatic rings. The van der Waals surface area contributed by atoms with Crippen LogP contribution in [0.25, 0.3) is 0 Å². The monoisotopic (exact) mass is 328 g/mol. The van der Waals surface area contributed by atoms with Gasteiger partial charge in [-0.1, -0.05) is 61.7 Å². The maximum absolute atomic E-state index is 6.42. The van der Waals surface area contributed by atoms with Gasteiger partial charge in [-0.25, -0.2) is 0 Å². The molecular weight excluding hydrogens is 304 g/mol. The molecule has 0 N–H and O–H groups in total. The smallest absolute Gasteiger partial charge is 0.224 e. The highest BCUT2D eigenvalue weighted by atomic mass is 79.9. The Morgan fingerprint density at radius 3 is 2.22 bits per heavy atom. The molecule has 18 heavy (non-hydrogen) atoms. The molecule has 102 valence electrons. The summed E-state index contributed by atoms with van der Waals surface area (Å²) in [5.41, 5.74) is 0. The molecule has 0 atom stereocenters. The van der Waals surface area contributed by atoms with Crippen molar-refractivity contribution in [3.8, 4) is 0 Å². The van der Waals surface area contributed by atoms with Gasteiger partial charge in [-0.15, -0.1) is 0 Å². The van der Waals surface area contributed by atoms with E-state index >= 15 is 0 Å². The number of halogens is 1. The molecule has 0 amide bonds. The minimum absolute atomic E-state index is 0.902. The van der Waals surface area contributed by atoms with E-state index in [1.54, 1.807) is 0 Å². The van der Waals surface area contributed by atoms with Crippen LogP contribution in [0.2, 0.25) is 12.1 Å². The van der Waals surface area contributed by atoms with Crippen LogP contribution in [0.1, 0.15) is 40.0 Å². The van der Waals surface area contributed by atoms with Crippen LogP contribution in [0.5, 0.6) is 0 Å². The van der Waals surface area contributed by atoms with Gasteiger partial charge in [-0.2, -0.15) is 0 Å².